The van der Waals surface area contributed by atoms with Gasteiger partial charge in [0.2, 0.25) is 5.91 Å². The normalized spacial score (nSPS) is 10.6. The number of carbonyl (C=O) groups is 1. The molecular weight excluding hydrogens is 334 g/mol. The maximum Gasteiger partial charge on any atom is 0.336 e. The zero-order valence-electron chi connectivity index (χ0n) is 14.8. The van der Waals surface area contributed by atoms with Crippen LogP contribution in [-0.4, -0.2) is 20.1 Å². The molecule has 0 spiro atoms. The molecule has 0 unspecified atom stereocenters. The lowest BCUT2D eigenvalue weighted by atomic mass is 10.1. The van der Waals surface area contributed by atoms with Crippen LogP contribution in [0.25, 0.3) is 11.0 Å². The molecule has 0 aliphatic carbocycles. The monoisotopic (exact) mass is 353 g/mol. The zero-order valence-corrected chi connectivity index (χ0v) is 14.8. The molecule has 3 rings (SSSR count). The number of anilines is 1. The van der Waals surface area contributed by atoms with Crippen molar-refractivity contribution in [3.05, 3.63) is 64.0 Å². The SMILES string of the molecule is COc1ccc(CC(=O)Nc2ccc3c(C)cc(=O)oc3c2)c(OC)c1. The molecule has 1 aromatic heterocycles. The van der Waals surface area contributed by atoms with Crippen molar-refractivity contribution >= 4 is 22.6 Å². The first-order valence-corrected chi connectivity index (χ1v) is 8.05. The van der Waals surface area contributed by atoms with Crippen LogP contribution in [0.15, 0.2) is 51.7 Å². The average molecular weight is 353 g/mol. The fourth-order valence-electron chi connectivity index (χ4n) is 2.78. The van der Waals surface area contributed by atoms with Crippen LogP contribution in [-0.2, 0) is 11.2 Å². The number of methoxy groups -OCH3 is 2. The number of rotatable bonds is 5. The van der Waals surface area contributed by atoms with Crippen molar-refractivity contribution in [1.29, 1.82) is 0 Å². The van der Waals surface area contributed by atoms with Gasteiger partial charge in [-0.1, -0.05) is 6.07 Å². The molecule has 0 fully saturated rings. The predicted octanol–water partition coefficient (Wildman–Crippen LogP) is 3.30. The van der Waals surface area contributed by atoms with E-state index in [0.717, 1.165) is 16.5 Å². The van der Waals surface area contributed by atoms with Crippen LogP contribution in [0.5, 0.6) is 11.5 Å². The summed E-state index contributed by atoms with van der Waals surface area (Å²) in [5, 5.41) is 3.65. The number of hydrogen-bond donors (Lipinski definition) is 1. The van der Waals surface area contributed by atoms with Crippen LogP contribution in [0.1, 0.15) is 11.1 Å². The third-order valence-electron chi connectivity index (χ3n) is 4.08. The number of nitrogens with one attached hydrogen (secondary N) is 1. The van der Waals surface area contributed by atoms with Gasteiger partial charge < -0.3 is 19.2 Å². The quantitative estimate of drug-likeness (QED) is 0.712. The topological polar surface area (TPSA) is 77.8 Å². The molecule has 0 atom stereocenters. The van der Waals surface area contributed by atoms with Crippen molar-refractivity contribution in [3.8, 4) is 11.5 Å². The van der Waals surface area contributed by atoms with Gasteiger partial charge in [-0.2, -0.15) is 0 Å². The molecule has 1 amide bonds. The number of ether oxygens (including phenoxy) is 2. The van der Waals surface area contributed by atoms with Gasteiger partial charge in [0.25, 0.3) is 0 Å². The molecular formula is C20H19NO5. The molecule has 0 aliphatic heterocycles. The van der Waals surface area contributed by atoms with Crippen LogP contribution in [0.4, 0.5) is 5.69 Å². The molecule has 2 aromatic carbocycles. The van der Waals surface area contributed by atoms with E-state index in [0.29, 0.717) is 22.8 Å². The summed E-state index contributed by atoms with van der Waals surface area (Å²) in [6, 6.07) is 12.0. The van der Waals surface area contributed by atoms with Crippen molar-refractivity contribution in [3.63, 3.8) is 0 Å². The minimum Gasteiger partial charge on any atom is -0.497 e. The third kappa shape index (κ3) is 3.69. The Morgan fingerprint density at radius 2 is 1.88 bits per heavy atom. The Kier molecular flexibility index (Phi) is 4.93. The molecule has 6 nitrogen and oxygen atoms in total. The molecule has 1 heterocycles. The Hall–Kier alpha value is -3.28. The van der Waals surface area contributed by atoms with Crippen molar-refractivity contribution in [2.24, 2.45) is 0 Å². The number of hydrogen-bond acceptors (Lipinski definition) is 5. The second kappa shape index (κ2) is 7.31. The van der Waals surface area contributed by atoms with Gasteiger partial charge in [0.15, 0.2) is 0 Å². The van der Waals surface area contributed by atoms with Gasteiger partial charge in [-0.05, 0) is 30.7 Å². The Morgan fingerprint density at radius 1 is 1.08 bits per heavy atom. The fraction of sp³-hybridized carbons (Fsp3) is 0.200. The lowest BCUT2D eigenvalue weighted by molar-refractivity contribution is -0.115. The fourth-order valence-corrected chi connectivity index (χ4v) is 2.78. The molecule has 0 saturated heterocycles. The van der Waals surface area contributed by atoms with E-state index < -0.39 is 5.63 Å². The molecule has 0 saturated carbocycles. The van der Waals surface area contributed by atoms with E-state index in [1.165, 1.54) is 6.07 Å². The van der Waals surface area contributed by atoms with Crippen LogP contribution in [0, 0.1) is 6.92 Å². The molecule has 134 valence electrons. The third-order valence-corrected chi connectivity index (χ3v) is 4.08. The van der Waals surface area contributed by atoms with Crippen LogP contribution in [0.3, 0.4) is 0 Å². The first kappa shape index (κ1) is 17.5. The van der Waals surface area contributed by atoms with Gasteiger partial charge in [-0.3, -0.25) is 4.79 Å². The molecule has 0 radical (unpaired) electrons. The highest BCUT2D eigenvalue weighted by Gasteiger charge is 2.11. The summed E-state index contributed by atoms with van der Waals surface area (Å²) in [4.78, 5) is 23.9. The molecule has 6 heteroatoms. The summed E-state index contributed by atoms with van der Waals surface area (Å²) < 4.78 is 15.7. The van der Waals surface area contributed by atoms with E-state index in [1.54, 1.807) is 44.6 Å². The van der Waals surface area contributed by atoms with Gasteiger partial charge in [0.1, 0.15) is 17.1 Å². The summed E-state index contributed by atoms with van der Waals surface area (Å²) in [6.45, 7) is 1.84. The second-order valence-electron chi connectivity index (χ2n) is 5.86. The van der Waals surface area contributed by atoms with E-state index in [-0.39, 0.29) is 12.3 Å². The van der Waals surface area contributed by atoms with E-state index in [2.05, 4.69) is 5.32 Å². The van der Waals surface area contributed by atoms with Crippen molar-refractivity contribution in [2.45, 2.75) is 13.3 Å². The standard InChI is InChI=1S/C20H19NO5/c1-12-8-20(23)26-18-10-14(5-7-16(12)18)21-19(22)9-13-4-6-15(24-2)11-17(13)25-3/h4-8,10-11H,9H2,1-3H3,(H,21,22). The molecule has 0 bridgehead atoms. The van der Waals surface area contributed by atoms with Gasteiger partial charge in [0.05, 0.1) is 20.6 Å². The lowest BCUT2D eigenvalue weighted by Gasteiger charge is -2.11. The van der Waals surface area contributed by atoms with Gasteiger partial charge in [0, 0.05) is 34.8 Å². The molecule has 0 aliphatic rings. The maximum absolute atomic E-state index is 12.4. The Balaban J connectivity index is 1.80. The minimum atomic E-state index is -0.415. The molecule has 3 aromatic rings. The highest BCUT2D eigenvalue weighted by molar-refractivity contribution is 5.95. The molecule has 26 heavy (non-hydrogen) atoms. The van der Waals surface area contributed by atoms with Gasteiger partial charge >= 0.3 is 5.63 Å². The largest absolute Gasteiger partial charge is 0.497 e. The van der Waals surface area contributed by atoms with Crippen molar-refractivity contribution in [2.75, 3.05) is 19.5 Å². The number of amides is 1. The van der Waals surface area contributed by atoms with Crippen molar-refractivity contribution in [1.82, 2.24) is 0 Å². The van der Waals surface area contributed by atoms with Gasteiger partial charge in [-0.25, -0.2) is 4.79 Å². The predicted molar refractivity (Wildman–Crippen MR) is 99.1 cm³/mol. The Morgan fingerprint density at radius 3 is 2.62 bits per heavy atom. The second-order valence-corrected chi connectivity index (χ2v) is 5.86. The summed E-state index contributed by atoms with van der Waals surface area (Å²) >= 11 is 0. The summed E-state index contributed by atoms with van der Waals surface area (Å²) in [5.41, 5.74) is 2.16. The van der Waals surface area contributed by atoms with Crippen LogP contribution >= 0.6 is 0 Å². The molecule has 1 N–H and O–H groups in total. The summed E-state index contributed by atoms with van der Waals surface area (Å²) in [5.74, 6) is 1.04. The Bertz CT molecular complexity index is 1020. The van der Waals surface area contributed by atoms with E-state index in [4.69, 9.17) is 13.9 Å². The first-order valence-electron chi connectivity index (χ1n) is 8.05. The highest BCUT2D eigenvalue weighted by Crippen LogP contribution is 2.26. The highest BCUT2D eigenvalue weighted by atomic mass is 16.5. The van der Waals surface area contributed by atoms with Crippen LogP contribution in [0.2, 0.25) is 0 Å². The summed E-state index contributed by atoms with van der Waals surface area (Å²) in [7, 11) is 3.12. The Labute approximate surface area is 150 Å². The minimum absolute atomic E-state index is 0.142. The maximum atomic E-state index is 12.4. The van der Waals surface area contributed by atoms with Gasteiger partial charge in [-0.15, -0.1) is 0 Å². The van der Waals surface area contributed by atoms with Crippen molar-refractivity contribution < 1.29 is 18.7 Å². The smallest absolute Gasteiger partial charge is 0.336 e. The zero-order chi connectivity index (χ0) is 18.7. The number of fused-ring (bicyclic) bond motifs is 1. The van der Waals surface area contributed by atoms with E-state index in [9.17, 15) is 9.59 Å². The number of carbonyl (C=O) groups excluding carboxylic acids is 1. The van der Waals surface area contributed by atoms with E-state index >= 15 is 0 Å². The first-order chi connectivity index (χ1) is 12.5. The summed E-state index contributed by atoms with van der Waals surface area (Å²) in [6.07, 6.45) is 0.142. The number of benzene rings is 2. The lowest BCUT2D eigenvalue weighted by Crippen LogP contribution is -2.15. The average Bonchev–Trinajstić information content (AvgIpc) is 2.61. The van der Waals surface area contributed by atoms with Crippen LogP contribution < -0.4 is 20.4 Å². The van der Waals surface area contributed by atoms with E-state index in [1.807, 2.05) is 13.0 Å². The number of aryl methyl sites for hydroxylation is 1.